The van der Waals surface area contributed by atoms with E-state index in [4.69, 9.17) is 16.3 Å². The fourth-order valence-electron chi connectivity index (χ4n) is 4.67. The van der Waals surface area contributed by atoms with Gasteiger partial charge in [0.15, 0.2) is 0 Å². The summed E-state index contributed by atoms with van der Waals surface area (Å²) in [7, 11) is 1.61. The molecule has 0 radical (unpaired) electrons. The first kappa shape index (κ1) is 23.0. The summed E-state index contributed by atoms with van der Waals surface area (Å²) in [6, 6.07) is 16.4. The molecule has 35 heavy (non-hydrogen) atoms. The van der Waals surface area contributed by atoms with Crippen molar-refractivity contribution >= 4 is 34.9 Å². The van der Waals surface area contributed by atoms with Crippen LogP contribution in [0.5, 0.6) is 5.75 Å². The lowest BCUT2D eigenvalue weighted by Crippen LogP contribution is -2.51. The van der Waals surface area contributed by atoms with E-state index in [2.05, 4.69) is 31.9 Å². The van der Waals surface area contributed by atoms with Crippen LogP contribution in [0.1, 0.15) is 34.0 Å². The molecule has 2 atom stereocenters. The second-order valence-corrected chi connectivity index (χ2v) is 9.14. The van der Waals surface area contributed by atoms with Crippen molar-refractivity contribution in [2.24, 2.45) is 0 Å². The Hall–Kier alpha value is -3.78. The number of nitrogens with one attached hydrogen (secondary N) is 3. The van der Waals surface area contributed by atoms with Crippen molar-refractivity contribution in [3.05, 3.63) is 82.6 Å². The molecular weight excluding hydrogens is 466 g/mol. The normalized spacial score (nSPS) is 19.0. The standard InChI is InChI=1S/C26H26ClN5O3/c1-35-20-7-9-23(28-14-20)22-15-32(19-6-8-21-16(12-19)13-29-25(21)33)11-10-24(22)31-26(34)30-18-4-2-17(27)3-5-18/h2-9,12,14,22,24H,10-11,13,15H2,1H3,(H,29,33)(H2,30,31,34). The zero-order valence-corrected chi connectivity index (χ0v) is 20.0. The van der Waals surface area contributed by atoms with Gasteiger partial charge in [0.1, 0.15) is 5.75 Å². The average Bonchev–Trinajstić information content (AvgIpc) is 3.25. The first-order valence-corrected chi connectivity index (χ1v) is 11.9. The summed E-state index contributed by atoms with van der Waals surface area (Å²) in [5.41, 5.74) is 4.35. The molecule has 2 aromatic carbocycles. The molecule has 9 heteroatoms. The van der Waals surface area contributed by atoms with E-state index in [0.29, 0.717) is 29.5 Å². The minimum absolute atomic E-state index is 0.0264. The maximum Gasteiger partial charge on any atom is 0.319 e. The number of rotatable bonds is 5. The highest BCUT2D eigenvalue weighted by Crippen LogP contribution is 2.32. The van der Waals surface area contributed by atoms with E-state index < -0.39 is 0 Å². The number of benzene rings is 2. The van der Waals surface area contributed by atoms with Crippen LogP contribution in [-0.4, -0.2) is 43.2 Å². The van der Waals surface area contributed by atoms with Crippen LogP contribution in [0, 0.1) is 0 Å². The lowest BCUT2D eigenvalue weighted by atomic mass is 9.88. The molecule has 2 aliphatic heterocycles. The number of pyridine rings is 1. The molecule has 8 nitrogen and oxygen atoms in total. The minimum Gasteiger partial charge on any atom is -0.495 e. The van der Waals surface area contributed by atoms with Crippen LogP contribution in [0.25, 0.3) is 0 Å². The second kappa shape index (κ2) is 9.84. The van der Waals surface area contributed by atoms with Gasteiger partial charge in [0.05, 0.1) is 13.3 Å². The number of anilines is 2. The molecule has 3 heterocycles. The molecule has 2 aliphatic rings. The zero-order chi connectivity index (χ0) is 24.4. The molecule has 0 aliphatic carbocycles. The quantitative estimate of drug-likeness (QED) is 0.498. The summed E-state index contributed by atoms with van der Waals surface area (Å²) in [5, 5.41) is 9.51. The van der Waals surface area contributed by atoms with Crippen molar-refractivity contribution in [2.45, 2.75) is 24.9 Å². The molecule has 1 fully saturated rings. The molecule has 3 N–H and O–H groups in total. The number of urea groups is 1. The number of methoxy groups -OCH3 is 1. The summed E-state index contributed by atoms with van der Waals surface area (Å²) in [5.74, 6) is 0.613. The summed E-state index contributed by atoms with van der Waals surface area (Å²) in [6.07, 6.45) is 2.44. The number of nitrogens with zero attached hydrogens (tertiary/aromatic N) is 2. The third-order valence-electron chi connectivity index (χ3n) is 6.54. The Balaban J connectivity index is 1.35. The van der Waals surface area contributed by atoms with Gasteiger partial charge < -0.3 is 25.6 Å². The van der Waals surface area contributed by atoms with Gasteiger partial charge in [0.25, 0.3) is 5.91 Å². The van der Waals surface area contributed by atoms with Gasteiger partial charge in [-0.05, 0) is 66.6 Å². The molecular formula is C26H26ClN5O3. The first-order valence-electron chi connectivity index (χ1n) is 11.5. The molecule has 2 unspecified atom stereocenters. The van der Waals surface area contributed by atoms with Crippen LogP contribution in [0.3, 0.4) is 0 Å². The molecule has 180 valence electrons. The summed E-state index contributed by atoms with van der Waals surface area (Å²) >= 11 is 5.95. The molecule has 3 aromatic rings. The van der Waals surface area contributed by atoms with E-state index in [1.165, 1.54) is 0 Å². The van der Waals surface area contributed by atoms with E-state index >= 15 is 0 Å². The van der Waals surface area contributed by atoms with Crippen molar-refractivity contribution < 1.29 is 14.3 Å². The number of hydrogen-bond acceptors (Lipinski definition) is 5. The van der Waals surface area contributed by atoms with E-state index in [9.17, 15) is 9.59 Å². The highest BCUT2D eigenvalue weighted by atomic mass is 35.5. The van der Waals surface area contributed by atoms with Crippen molar-refractivity contribution in [3.63, 3.8) is 0 Å². The van der Waals surface area contributed by atoms with E-state index in [0.717, 1.165) is 35.5 Å². The molecule has 0 saturated carbocycles. The van der Waals surface area contributed by atoms with Gasteiger partial charge in [-0.25, -0.2) is 4.79 Å². The number of ether oxygens (including phenoxy) is 1. The molecule has 3 amide bonds. The van der Waals surface area contributed by atoms with E-state index in [1.54, 1.807) is 37.6 Å². The smallest absolute Gasteiger partial charge is 0.319 e. The van der Waals surface area contributed by atoms with Gasteiger partial charge in [0.2, 0.25) is 0 Å². The maximum atomic E-state index is 12.8. The lowest BCUT2D eigenvalue weighted by Gasteiger charge is -2.40. The van der Waals surface area contributed by atoms with Crippen molar-refractivity contribution in [3.8, 4) is 5.75 Å². The SMILES string of the molecule is COc1ccc(C2CN(c3ccc4c(c3)CNC4=O)CCC2NC(=O)Nc2ccc(Cl)cc2)nc1. The van der Waals surface area contributed by atoms with Crippen LogP contribution < -0.4 is 25.6 Å². The Morgan fingerprint density at radius 1 is 1.17 bits per heavy atom. The largest absolute Gasteiger partial charge is 0.495 e. The number of piperidine rings is 1. The second-order valence-electron chi connectivity index (χ2n) is 8.70. The fourth-order valence-corrected chi connectivity index (χ4v) is 4.80. The van der Waals surface area contributed by atoms with Crippen LogP contribution in [0.4, 0.5) is 16.2 Å². The molecule has 1 aromatic heterocycles. The van der Waals surface area contributed by atoms with Crippen molar-refractivity contribution in [1.29, 1.82) is 0 Å². The van der Waals surface area contributed by atoms with E-state index in [1.807, 2.05) is 24.3 Å². The number of fused-ring (bicyclic) bond motifs is 1. The summed E-state index contributed by atoms with van der Waals surface area (Å²) < 4.78 is 5.27. The monoisotopic (exact) mass is 491 g/mol. The predicted octanol–water partition coefficient (Wildman–Crippen LogP) is 4.17. The zero-order valence-electron chi connectivity index (χ0n) is 19.3. The van der Waals surface area contributed by atoms with Crippen LogP contribution >= 0.6 is 11.6 Å². The van der Waals surface area contributed by atoms with Gasteiger partial charge in [-0.3, -0.25) is 9.78 Å². The molecule has 0 bridgehead atoms. The fraction of sp³-hybridized carbons (Fsp3) is 0.269. The first-order chi connectivity index (χ1) is 17.0. The third-order valence-corrected chi connectivity index (χ3v) is 6.80. The van der Waals surface area contributed by atoms with E-state index in [-0.39, 0.29) is 23.9 Å². The van der Waals surface area contributed by atoms with Gasteiger partial charge in [-0.1, -0.05) is 11.6 Å². The van der Waals surface area contributed by atoms with Crippen LogP contribution in [0.2, 0.25) is 5.02 Å². The number of amides is 3. The molecule has 1 saturated heterocycles. The van der Waals surface area contributed by atoms with Crippen LogP contribution in [0.15, 0.2) is 60.8 Å². The Kier molecular flexibility index (Phi) is 6.46. The maximum absolute atomic E-state index is 12.8. The van der Waals surface area contributed by atoms with Gasteiger partial charge in [-0.15, -0.1) is 0 Å². The Bertz CT molecular complexity index is 1230. The topological polar surface area (TPSA) is 95.6 Å². The Labute approximate surface area is 208 Å². The number of hydrogen-bond donors (Lipinski definition) is 3. The number of carbonyl (C=O) groups is 2. The predicted molar refractivity (Wildman–Crippen MR) is 135 cm³/mol. The molecule has 0 spiro atoms. The van der Waals surface area contributed by atoms with Gasteiger partial charge in [0, 0.05) is 59.2 Å². The summed E-state index contributed by atoms with van der Waals surface area (Å²) in [4.78, 5) is 31.7. The highest BCUT2D eigenvalue weighted by molar-refractivity contribution is 6.30. The number of carbonyl (C=O) groups excluding carboxylic acids is 2. The van der Waals surface area contributed by atoms with Gasteiger partial charge in [-0.2, -0.15) is 0 Å². The number of aromatic nitrogens is 1. The summed E-state index contributed by atoms with van der Waals surface area (Å²) in [6.45, 7) is 1.98. The van der Waals surface area contributed by atoms with Gasteiger partial charge >= 0.3 is 6.03 Å². The highest BCUT2D eigenvalue weighted by Gasteiger charge is 2.33. The Morgan fingerprint density at radius 2 is 2.00 bits per heavy atom. The third kappa shape index (κ3) is 5.02. The number of halogens is 1. The Morgan fingerprint density at radius 3 is 2.74 bits per heavy atom. The van der Waals surface area contributed by atoms with Crippen molar-refractivity contribution in [1.82, 2.24) is 15.6 Å². The average molecular weight is 492 g/mol. The minimum atomic E-state index is -0.272. The van der Waals surface area contributed by atoms with Crippen LogP contribution in [-0.2, 0) is 6.54 Å². The van der Waals surface area contributed by atoms with Crippen molar-refractivity contribution in [2.75, 3.05) is 30.4 Å². The lowest BCUT2D eigenvalue weighted by molar-refractivity contribution is 0.0965. The molecule has 5 rings (SSSR count).